The van der Waals surface area contributed by atoms with Crippen LogP contribution in [0.15, 0.2) is 58.0 Å². The molecule has 9 heteroatoms. The van der Waals surface area contributed by atoms with Gasteiger partial charge in [-0.1, -0.05) is 32.0 Å². The fourth-order valence-corrected chi connectivity index (χ4v) is 5.33. The van der Waals surface area contributed by atoms with Gasteiger partial charge in [0.05, 0.1) is 16.0 Å². The van der Waals surface area contributed by atoms with Crippen molar-refractivity contribution in [3.05, 3.63) is 58.7 Å². The molecular formula is C21H23BrF3N3OS. The van der Waals surface area contributed by atoms with E-state index in [1.807, 2.05) is 18.7 Å². The third-order valence-electron chi connectivity index (χ3n) is 4.74. The van der Waals surface area contributed by atoms with Crippen molar-refractivity contribution >= 4 is 43.5 Å². The molecule has 30 heavy (non-hydrogen) atoms. The molecular weight excluding hydrogens is 479 g/mol. The zero-order valence-corrected chi connectivity index (χ0v) is 19.1. The number of halogens is 4. The van der Waals surface area contributed by atoms with Gasteiger partial charge in [0, 0.05) is 47.9 Å². The summed E-state index contributed by atoms with van der Waals surface area (Å²) < 4.78 is 56.6. The van der Waals surface area contributed by atoms with E-state index in [-0.39, 0.29) is 5.39 Å². The van der Waals surface area contributed by atoms with Crippen LogP contribution in [-0.4, -0.2) is 34.4 Å². The number of anilines is 1. The highest BCUT2D eigenvalue weighted by molar-refractivity contribution is 9.10. The van der Waals surface area contributed by atoms with E-state index in [1.54, 1.807) is 42.5 Å². The average molecular weight is 502 g/mol. The molecule has 1 N–H and O–H groups in total. The number of nitrogens with zero attached hydrogens (tertiary/aromatic N) is 2. The first-order chi connectivity index (χ1) is 14.4. The van der Waals surface area contributed by atoms with Crippen molar-refractivity contribution in [2.75, 3.05) is 31.1 Å². The predicted molar refractivity (Wildman–Crippen MR) is 119 cm³/mol. The Kier molecular flexibility index (Phi) is 7.26. The molecule has 0 aliphatic carbocycles. The van der Waals surface area contributed by atoms with Gasteiger partial charge in [-0.2, -0.15) is 13.2 Å². The molecule has 2 heterocycles. The van der Waals surface area contributed by atoms with Crippen LogP contribution in [-0.2, 0) is 17.2 Å². The minimum Gasteiger partial charge on any atom is -0.368 e. The molecule has 1 aliphatic rings. The van der Waals surface area contributed by atoms with E-state index in [4.69, 9.17) is 0 Å². The summed E-state index contributed by atoms with van der Waals surface area (Å²) in [5, 5.41) is 3.30. The molecule has 1 aliphatic heterocycles. The Hall–Kier alpha value is -1.84. The third-order valence-corrected chi connectivity index (χ3v) is 7.09. The summed E-state index contributed by atoms with van der Waals surface area (Å²) in [7, 11) is -1.82. The smallest absolute Gasteiger partial charge is 0.368 e. The van der Waals surface area contributed by atoms with E-state index in [0.717, 1.165) is 6.20 Å². The van der Waals surface area contributed by atoms with Gasteiger partial charge in [0.25, 0.3) is 0 Å². The lowest BCUT2D eigenvalue weighted by Gasteiger charge is -2.30. The first kappa shape index (κ1) is 22.8. The minimum absolute atomic E-state index is 0.0947. The van der Waals surface area contributed by atoms with Crippen molar-refractivity contribution in [2.24, 2.45) is 0 Å². The lowest BCUT2D eigenvalue weighted by Crippen LogP contribution is -2.43. The third kappa shape index (κ3) is 4.43. The molecule has 0 bridgehead atoms. The van der Waals surface area contributed by atoms with Crippen LogP contribution in [0.4, 0.5) is 18.9 Å². The highest BCUT2D eigenvalue weighted by Gasteiger charge is 2.37. The topological polar surface area (TPSA) is 37.3 Å². The van der Waals surface area contributed by atoms with Gasteiger partial charge in [-0.15, -0.1) is 0 Å². The molecule has 1 saturated heterocycles. The number of benzene rings is 2. The largest absolute Gasteiger partial charge is 0.418 e. The summed E-state index contributed by atoms with van der Waals surface area (Å²) in [6.07, 6.45) is -3.59. The molecule has 1 atom stereocenters. The Morgan fingerprint density at radius 3 is 2.33 bits per heavy atom. The van der Waals surface area contributed by atoms with Gasteiger partial charge in [-0.05, 0) is 40.2 Å². The van der Waals surface area contributed by atoms with Gasteiger partial charge in [0.1, 0.15) is 0 Å². The number of nitrogens with one attached hydrogen (secondary N) is 1. The molecule has 4 nitrogen and oxygen atoms in total. The number of alkyl halides is 3. The Labute approximate surface area is 184 Å². The minimum atomic E-state index is -4.55. The second-order valence-electron chi connectivity index (χ2n) is 6.45. The van der Waals surface area contributed by atoms with Crippen LogP contribution in [0.25, 0.3) is 10.9 Å². The molecule has 3 aromatic rings. The van der Waals surface area contributed by atoms with Crippen LogP contribution >= 0.6 is 15.9 Å². The predicted octanol–water partition coefficient (Wildman–Crippen LogP) is 5.43. The normalized spacial score (nSPS) is 15.6. The first-order valence-corrected chi connectivity index (χ1v) is 11.6. The van der Waals surface area contributed by atoms with Crippen molar-refractivity contribution in [1.82, 2.24) is 9.29 Å². The van der Waals surface area contributed by atoms with Crippen molar-refractivity contribution in [2.45, 2.75) is 24.9 Å². The zero-order valence-electron chi connectivity index (χ0n) is 16.7. The Morgan fingerprint density at radius 2 is 1.70 bits per heavy atom. The van der Waals surface area contributed by atoms with Gasteiger partial charge in [0.2, 0.25) is 0 Å². The van der Waals surface area contributed by atoms with Crippen LogP contribution in [0, 0.1) is 0 Å². The molecule has 0 saturated carbocycles. The summed E-state index contributed by atoms with van der Waals surface area (Å²) in [6.45, 7) is 6.66. The highest BCUT2D eigenvalue weighted by Crippen LogP contribution is 2.41. The van der Waals surface area contributed by atoms with Gasteiger partial charge in [-0.3, -0.25) is 3.97 Å². The second kappa shape index (κ2) is 9.53. The van der Waals surface area contributed by atoms with Crippen LogP contribution < -0.4 is 10.2 Å². The lowest BCUT2D eigenvalue weighted by molar-refractivity contribution is -0.136. The maximum Gasteiger partial charge on any atom is 0.418 e. The van der Waals surface area contributed by atoms with E-state index in [9.17, 15) is 17.4 Å². The number of hydrogen-bond acceptors (Lipinski definition) is 3. The monoisotopic (exact) mass is 501 g/mol. The van der Waals surface area contributed by atoms with Gasteiger partial charge < -0.3 is 10.2 Å². The molecule has 1 fully saturated rings. The molecule has 2 aromatic carbocycles. The number of aromatic nitrogens is 1. The quantitative estimate of drug-likeness (QED) is 0.519. The maximum atomic E-state index is 13.9. The van der Waals surface area contributed by atoms with Crippen LogP contribution in [0.3, 0.4) is 0 Å². The molecule has 1 aromatic heterocycles. The molecule has 0 amide bonds. The zero-order chi connectivity index (χ0) is 21.9. The van der Waals surface area contributed by atoms with Crippen LogP contribution in [0.5, 0.6) is 0 Å². The fourth-order valence-electron chi connectivity index (χ4n) is 3.45. The number of piperazine rings is 1. The maximum absolute atomic E-state index is 13.9. The number of hydrogen-bond donors (Lipinski definition) is 1. The van der Waals surface area contributed by atoms with Crippen molar-refractivity contribution in [3.63, 3.8) is 0 Å². The van der Waals surface area contributed by atoms with E-state index >= 15 is 0 Å². The van der Waals surface area contributed by atoms with Crippen molar-refractivity contribution in [1.29, 1.82) is 0 Å². The highest BCUT2D eigenvalue weighted by atomic mass is 79.9. The number of fused-ring (bicyclic) bond motifs is 1. The summed E-state index contributed by atoms with van der Waals surface area (Å²) in [5.74, 6) is 0. The van der Waals surface area contributed by atoms with Crippen molar-refractivity contribution in [3.8, 4) is 0 Å². The van der Waals surface area contributed by atoms with Gasteiger partial charge in [-0.25, -0.2) is 4.21 Å². The average Bonchev–Trinajstić information content (AvgIpc) is 3.16. The van der Waals surface area contributed by atoms with Gasteiger partial charge >= 0.3 is 6.18 Å². The van der Waals surface area contributed by atoms with E-state index < -0.39 is 22.7 Å². The lowest BCUT2D eigenvalue weighted by atomic mass is 10.1. The second-order valence-corrected chi connectivity index (χ2v) is 8.64. The first-order valence-electron chi connectivity index (χ1n) is 9.71. The summed E-state index contributed by atoms with van der Waals surface area (Å²) in [5.41, 5.74) is 0.0590. The van der Waals surface area contributed by atoms with E-state index in [2.05, 4.69) is 21.2 Å². The standard InChI is InChI=1S/C19H17BrF3N3OS.C2H6/c20-14-4-1-2-7-17(14)28(27)26-12-13(19(21,22)23)18-15(5-3-6-16(18)26)25-10-8-24-9-11-25;1-2/h1-7,12,24H,8-11H2;1-2H3. The van der Waals surface area contributed by atoms with E-state index in [0.29, 0.717) is 46.8 Å². The molecule has 0 spiro atoms. The van der Waals surface area contributed by atoms with Gasteiger partial charge in [0.15, 0.2) is 11.0 Å². The summed E-state index contributed by atoms with van der Waals surface area (Å²) in [4.78, 5) is 2.36. The van der Waals surface area contributed by atoms with Crippen molar-refractivity contribution < 1.29 is 17.4 Å². The summed E-state index contributed by atoms with van der Waals surface area (Å²) >= 11 is 3.34. The SMILES string of the molecule is CC.O=S(c1ccccc1Br)n1cc(C(F)(F)F)c2c(N3CCNCC3)cccc21. The fraction of sp³-hybridized carbons (Fsp3) is 0.333. The molecule has 4 rings (SSSR count). The Balaban J connectivity index is 0.00000124. The van der Waals surface area contributed by atoms with E-state index in [1.165, 1.54) is 3.97 Å². The number of rotatable bonds is 3. The van der Waals surface area contributed by atoms with Crippen LogP contribution in [0.1, 0.15) is 19.4 Å². The molecule has 162 valence electrons. The van der Waals surface area contributed by atoms with Crippen LogP contribution in [0.2, 0.25) is 0 Å². The Morgan fingerprint density at radius 1 is 1.03 bits per heavy atom. The molecule has 0 radical (unpaired) electrons. The summed E-state index contributed by atoms with van der Waals surface area (Å²) in [6, 6.07) is 11.8. The Bertz CT molecular complexity index is 1050. The molecule has 1 unspecified atom stereocenters.